The van der Waals surface area contributed by atoms with Crippen LogP contribution in [0.1, 0.15) is 34.1 Å². The van der Waals surface area contributed by atoms with Crippen LogP contribution in [-0.2, 0) is 9.53 Å². The molecule has 2 rings (SSSR count). The first-order valence-corrected chi connectivity index (χ1v) is 5.26. The topological polar surface area (TPSA) is 63.7 Å². The van der Waals surface area contributed by atoms with Crippen molar-refractivity contribution in [2.75, 3.05) is 6.73 Å². The van der Waals surface area contributed by atoms with Crippen LogP contribution >= 0.6 is 0 Å². The SMILES string of the molecule is CCC(=O)OCN1C(=O)c2ccccc2C1=O. The molecule has 0 unspecified atom stereocenters. The number of esters is 1. The highest BCUT2D eigenvalue weighted by Crippen LogP contribution is 2.21. The van der Waals surface area contributed by atoms with Crippen molar-refractivity contribution in [3.8, 4) is 0 Å². The van der Waals surface area contributed by atoms with E-state index >= 15 is 0 Å². The second kappa shape index (κ2) is 4.37. The largest absolute Gasteiger partial charge is 0.444 e. The monoisotopic (exact) mass is 233 g/mol. The summed E-state index contributed by atoms with van der Waals surface area (Å²) in [5.41, 5.74) is 0.704. The van der Waals surface area contributed by atoms with E-state index in [2.05, 4.69) is 0 Å². The molecule has 2 amide bonds. The molecule has 5 nitrogen and oxygen atoms in total. The molecule has 0 radical (unpaired) electrons. The van der Waals surface area contributed by atoms with Crippen LogP contribution in [0.25, 0.3) is 0 Å². The molecule has 1 aliphatic rings. The average molecular weight is 233 g/mol. The number of fused-ring (bicyclic) bond motifs is 1. The second-order valence-electron chi connectivity index (χ2n) is 3.58. The van der Waals surface area contributed by atoms with E-state index in [1.54, 1.807) is 31.2 Å². The number of hydrogen-bond acceptors (Lipinski definition) is 4. The van der Waals surface area contributed by atoms with Crippen molar-refractivity contribution < 1.29 is 19.1 Å². The third kappa shape index (κ3) is 1.91. The quantitative estimate of drug-likeness (QED) is 0.581. The Balaban J connectivity index is 2.16. The van der Waals surface area contributed by atoms with Gasteiger partial charge in [-0.25, -0.2) is 4.90 Å². The van der Waals surface area contributed by atoms with Crippen LogP contribution in [0.3, 0.4) is 0 Å². The molecular weight excluding hydrogens is 222 g/mol. The van der Waals surface area contributed by atoms with E-state index in [1.165, 1.54) is 0 Å². The molecule has 1 aliphatic heterocycles. The maximum atomic E-state index is 11.8. The number of carbonyl (C=O) groups excluding carboxylic acids is 3. The fraction of sp³-hybridized carbons (Fsp3) is 0.250. The van der Waals surface area contributed by atoms with Gasteiger partial charge in [0.25, 0.3) is 11.8 Å². The van der Waals surface area contributed by atoms with Crippen LogP contribution in [0.15, 0.2) is 24.3 Å². The van der Waals surface area contributed by atoms with Gasteiger partial charge in [0.15, 0.2) is 6.73 Å². The van der Waals surface area contributed by atoms with E-state index < -0.39 is 17.8 Å². The Bertz CT molecular complexity index is 460. The summed E-state index contributed by atoms with van der Waals surface area (Å²) in [4.78, 5) is 35.6. The summed E-state index contributed by atoms with van der Waals surface area (Å²) in [6.45, 7) is 1.32. The van der Waals surface area contributed by atoms with E-state index in [0.717, 1.165) is 4.90 Å². The Morgan fingerprint density at radius 3 is 2.18 bits per heavy atom. The number of hydrogen-bond donors (Lipinski definition) is 0. The predicted molar refractivity (Wildman–Crippen MR) is 58.2 cm³/mol. The zero-order chi connectivity index (χ0) is 12.4. The van der Waals surface area contributed by atoms with E-state index in [4.69, 9.17) is 4.74 Å². The highest BCUT2D eigenvalue weighted by atomic mass is 16.5. The molecule has 1 aromatic rings. The first-order chi connectivity index (χ1) is 8.15. The van der Waals surface area contributed by atoms with Crippen molar-refractivity contribution in [3.63, 3.8) is 0 Å². The molecule has 0 atom stereocenters. The van der Waals surface area contributed by atoms with E-state index in [-0.39, 0.29) is 13.2 Å². The summed E-state index contributed by atoms with van der Waals surface area (Å²) in [5, 5.41) is 0. The van der Waals surface area contributed by atoms with Gasteiger partial charge in [0.2, 0.25) is 0 Å². The minimum Gasteiger partial charge on any atom is -0.444 e. The number of carbonyl (C=O) groups is 3. The summed E-state index contributed by atoms with van der Waals surface area (Å²) < 4.78 is 4.79. The normalized spacial score (nSPS) is 13.8. The van der Waals surface area contributed by atoms with Crippen LogP contribution in [0, 0.1) is 0 Å². The number of ether oxygens (including phenoxy) is 1. The van der Waals surface area contributed by atoms with Gasteiger partial charge in [-0.3, -0.25) is 14.4 Å². The summed E-state index contributed by atoms with van der Waals surface area (Å²) in [6.07, 6.45) is 0.211. The first kappa shape index (κ1) is 11.3. The van der Waals surface area contributed by atoms with Crippen molar-refractivity contribution in [2.45, 2.75) is 13.3 Å². The van der Waals surface area contributed by atoms with Crippen LogP contribution < -0.4 is 0 Å². The van der Waals surface area contributed by atoms with Crippen molar-refractivity contribution in [1.29, 1.82) is 0 Å². The van der Waals surface area contributed by atoms with Crippen molar-refractivity contribution in [3.05, 3.63) is 35.4 Å². The molecule has 88 valence electrons. The molecule has 1 heterocycles. The van der Waals surface area contributed by atoms with E-state index in [9.17, 15) is 14.4 Å². The minimum absolute atomic E-state index is 0.211. The lowest BCUT2D eigenvalue weighted by Gasteiger charge is -2.13. The van der Waals surface area contributed by atoms with Crippen LogP contribution in [-0.4, -0.2) is 29.4 Å². The highest BCUT2D eigenvalue weighted by molar-refractivity contribution is 6.21. The van der Waals surface area contributed by atoms with Gasteiger partial charge in [0, 0.05) is 6.42 Å². The second-order valence-corrected chi connectivity index (χ2v) is 3.58. The summed E-state index contributed by atoms with van der Waals surface area (Å²) in [5.74, 6) is -1.29. The Morgan fingerprint density at radius 2 is 1.71 bits per heavy atom. The maximum Gasteiger partial charge on any atom is 0.307 e. The fourth-order valence-corrected chi connectivity index (χ4v) is 1.59. The molecule has 0 fully saturated rings. The molecule has 0 saturated heterocycles. The van der Waals surface area contributed by atoms with Crippen molar-refractivity contribution in [1.82, 2.24) is 4.90 Å². The Kier molecular flexibility index (Phi) is 2.91. The lowest BCUT2D eigenvalue weighted by atomic mass is 10.1. The lowest BCUT2D eigenvalue weighted by molar-refractivity contribution is -0.145. The molecule has 0 N–H and O–H groups in total. The third-order valence-electron chi connectivity index (χ3n) is 2.52. The van der Waals surface area contributed by atoms with Gasteiger partial charge in [-0.05, 0) is 12.1 Å². The highest BCUT2D eigenvalue weighted by Gasteiger charge is 2.35. The van der Waals surface area contributed by atoms with Gasteiger partial charge in [-0.2, -0.15) is 0 Å². The molecule has 0 bridgehead atoms. The van der Waals surface area contributed by atoms with Gasteiger partial charge in [0.1, 0.15) is 0 Å². The summed E-state index contributed by atoms with van der Waals surface area (Å²) in [6, 6.07) is 6.53. The zero-order valence-electron chi connectivity index (χ0n) is 9.30. The molecule has 0 aromatic heterocycles. The van der Waals surface area contributed by atoms with E-state index in [0.29, 0.717) is 11.1 Å². The van der Waals surface area contributed by atoms with Crippen molar-refractivity contribution in [2.24, 2.45) is 0 Å². The first-order valence-electron chi connectivity index (χ1n) is 5.26. The average Bonchev–Trinajstić information content (AvgIpc) is 2.60. The van der Waals surface area contributed by atoms with Gasteiger partial charge >= 0.3 is 5.97 Å². The lowest BCUT2D eigenvalue weighted by Crippen LogP contribution is -2.33. The minimum atomic E-state index is -0.443. The van der Waals surface area contributed by atoms with Gasteiger partial charge in [-0.15, -0.1) is 0 Å². The Hall–Kier alpha value is -2.17. The van der Waals surface area contributed by atoms with Crippen molar-refractivity contribution >= 4 is 17.8 Å². The van der Waals surface area contributed by atoms with Crippen LogP contribution in [0.2, 0.25) is 0 Å². The summed E-state index contributed by atoms with van der Waals surface area (Å²) in [7, 11) is 0. The molecule has 5 heteroatoms. The third-order valence-corrected chi connectivity index (χ3v) is 2.52. The fourth-order valence-electron chi connectivity index (χ4n) is 1.59. The van der Waals surface area contributed by atoms with Crippen LogP contribution in [0.5, 0.6) is 0 Å². The predicted octanol–water partition coefficient (Wildman–Crippen LogP) is 1.19. The molecular formula is C12H11NO4. The Morgan fingerprint density at radius 1 is 1.18 bits per heavy atom. The molecule has 17 heavy (non-hydrogen) atoms. The standard InChI is InChI=1S/C12H11NO4/c1-2-10(14)17-7-13-11(15)8-5-3-4-6-9(8)12(13)16/h3-6H,2,7H2,1H3. The van der Waals surface area contributed by atoms with Gasteiger partial charge in [0.05, 0.1) is 11.1 Å². The number of imide groups is 1. The van der Waals surface area contributed by atoms with Gasteiger partial charge < -0.3 is 4.74 Å². The molecule has 0 saturated carbocycles. The molecule has 1 aromatic carbocycles. The van der Waals surface area contributed by atoms with Crippen LogP contribution in [0.4, 0.5) is 0 Å². The molecule has 0 spiro atoms. The summed E-state index contributed by atoms with van der Waals surface area (Å²) >= 11 is 0. The molecule has 0 aliphatic carbocycles. The zero-order valence-corrected chi connectivity index (χ0v) is 9.30. The van der Waals surface area contributed by atoms with Gasteiger partial charge in [-0.1, -0.05) is 19.1 Å². The Labute approximate surface area is 98.0 Å². The maximum absolute atomic E-state index is 11.8. The smallest absolute Gasteiger partial charge is 0.307 e. The van der Waals surface area contributed by atoms with E-state index in [1.807, 2.05) is 0 Å². The number of amides is 2. The number of nitrogens with zero attached hydrogens (tertiary/aromatic N) is 1. The number of benzene rings is 1. The number of rotatable bonds is 3.